The molecule has 0 aromatic carbocycles. The number of pyridine rings is 1. The van der Waals surface area contributed by atoms with Gasteiger partial charge in [0, 0.05) is 12.4 Å². The van der Waals surface area contributed by atoms with E-state index >= 15 is 0 Å². The number of rotatable bonds is 3. The minimum absolute atomic E-state index is 0.248. The molecule has 0 N–H and O–H groups in total. The van der Waals surface area contributed by atoms with Gasteiger partial charge in [0.25, 0.3) is 0 Å². The van der Waals surface area contributed by atoms with Crippen LogP contribution in [-0.4, -0.2) is 31.4 Å². The highest BCUT2D eigenvalue weighted by atomic mass is 35.5. The first-order valence-electron chi connectivity index (χ1n) is 5.61. The fourth-order valence-corrected chi connectivity index (χ4v) is 2.02. The lowest BCUT2D eigenvalue weighted by molar-refractivity contribution is 0.380. The second kappa shape index (κ2) is 4.89. The van der Waals surface area contributed by atoms with Gasteiger partial charge in [-0.25, -0.2) is 19.0 Å². The van der Waals surface area contributed by atoms with Gasteiger partial charge in [-0.3, -0.25) is 4.98 Å². The summed E-state index contributed by atoms with van der Waals surface area (Å²) in [7, 11) is 0. The average Bonchev–Trinajstić information content (AvgIpc) is 2.84. The van der Waals surface area contributed by atoms with Crippen LogP contribution in [0.3, 0.4) is 0 Å². The van der Waals surface area contributed by atoms with E-state index in [0.717, 1.165) is 5.56 Å². The van der Waals surface area contributed by atoms with Gasteiger partial charge in [-0.2, -0.15) is 5.10 Å². The Morgan fingerprint density at radius 1 is 1.32 bits per heavy atom. The monoisotopic (exact) mass is 277 g/mol. The molecule has 3 aromatic heterocycles. The highest BCUT2D eigenvalue weighted by Crippen LogP contribution is 2.22. The van der Waals surface area contributed by atoms with Crippen molar-refractivity contribution in [2.24, 2.45) is 0 Å². The highest BCUT2D eigenvalue weighted by molar-refractivity contribution is 6.29. The molecule has 1 unspecified atom stereocenters. The van der Waals surface area contributed by atoms with Crippen molar-refractivity contribution in [2.75, 3.05) is 6.67 Å². The van der Waals surface area contributed by atoms with Crippen molar-refractivity contribution < 1.29 is 4.39 Å². The fraction of sp³-hybridized carbons (Fsp3) is 0.167. The SMILES string of the molecule is FCC(c1cccnc1)n1ncc2ncc(Cl)nc21. The molecule has 3 rings (SSSR count). The molecule has 0 aliphatic heterocycles. The molecule has 1 atom stereocenters. The predicted molar refractivity (Wildman–Crippen MR) is 68.7 cm³/mol. The van der Waals surface area contributed by atoms with E-state index in [-0.39, 0.29) is 5.15 Å². The van der Waals surface area contributed by atoms with Crippen molar-refractivity contribution in [3.8, 4) is 0 Å². The van der Waals surface area contributed by atoms with Gasteiger partial charge >= 0.3 is 0 Å². The van der Waals surface area contributed by atoms with Crippen molar-refractivity contribution in [3.05, 3.63) is 47.6 Å². The average molecular weight is 278 g/mol. The first kappa shape index (κ1) is 12.0. The molecule has 0 spiro atoms. The Morgan fingerprint density at radius 2 is 2.21 bits per heavy atom. The Morgan fingerprint density at radius 3 is 2.95 bits per heavy atom. The maximum Gasteiger partial charge on any atom is 0.178 e. The summed E-state index contributed by atoms with van der Waals surface area (Å²) in [5, 5.41) is 4.40. The van der Waals surface area contributed by atoms with Crippen LogP contribution in [0.2, 0.25) is 5.15 Å². The Kier molecular flexibility index (Phi) is 3.08. The third-order valence-electron chi connectivity index (χ3n) is 2.78. The topological polar surface area (TPSA) is 56.5 Å². The molecule has 0 aliphatic carbocycles. The third kappa shape index (κ3) is 2.15. The van der Waals surface area contributed by atoms with E-state index in [9.17, 15) is 4.39 Å². The zero-order valence-electron chi connectivity index (χ0n) is 9.74. The molecule has 0 bridgehead atoms. The smallest absolute Gasteiger partial charge is 0.178 e. The summed E-state index contributed by atoms with van der Waals surface area (Å²) in [5.41, 5.74) is 1.75. The number of fused-ring (bicyclic) bond motifs is 1. The Hall–Kier alpha value is -2.08. The lowest BCUT2D eigenvalue weighted by Gasteiger charge is -2.14. The Labute approximate surface area is 113 Å². The van der Waals surface area contributed by atoms with E-state index in [1.165, 1.54) is 17.1 Å². The number of hydrogen-bond donors (Lipinski definition) is 0. The molecule has 0 aliphatic rings. The molecule has 0 fully saturated rings. The van der Waals surface area contributed by atoms with E-state index in [0.29, 0.717) is 11.2 Å². The maximum absolute atomic E-state index is 13.4. The van der Waals surface area contributed by atoms with Crippen molar-refractivity contribution in [1.29, 1.82) is 0 Å². The van der Waals surface area contributed by atoms with Gasteiger partial charge in [-0.1, -0.05) is 17.7 Å². The Bertz CT molecular complexity index is 700. The molecule has 19 heavy (non-hydrogen) atoms. The number of aromatic nitrogens is 5. The molecular weight excluding hydrogens is 269 g/mol. The van der Waals surface area contributed by atoms with Gasteiger partial charge in [-0.15, -0.1) is 0 Å². The number of hydrogen-bond acceptors (Lipinski definition) is 4. The molecule has 96 valence electrons. The van der Waals surface area contributed by atoms with Crippen LogP contribution in [-0.2, 0) is 0 Å². The number of alkyl halides is 1. The maximum atomic E-state index is 13.4. The van der Waals surface area contributed by atoms with Gasteiger partial charge in [-0.05, 0) is 11.6 Å². The minimum Gasteiger partial charge on any atom is -0.264 e. The van der Waals surface area contributed by atoms with Crippen molar-refractivity contribution in [1.82, 2.24) is 24.7 Å². The second-order valence-corrected chi connectivity index (χ2v) is 4.33. The second-order valence-electron chi connectivity index (χ2n) is 3.95. The summed E-state index contributed by atoms with van der Waals surface area (Å²) in [4.78, 5) is 12.2. The van der Waals surface area contributed by atoms with E-state index in [1.54, 1.807) is 24.5 Å². The van der Waals surface area contributed by atoms with Gasteiger partial charge in [0.15, 0.2) is 5.65 Å². The summed E-state index contributed by atoms with van der Waals surface area (Å²) >= 11 is 5.82. The fourth-order valence-electron chi connectivity index (χ4n) is 1.90. The molecule has 0 saturated heterocycles. The van der Waals surface area contributed by atoms with Gasteiger partial charge in [0.05, 0.1) is 12.4 Å². The van der Waals surface area contributed by atoms with Crippen molar-refractivity contribution in [3.63, 3.8) is 0 Å². The molecule has 7 heteroatoms. The summed E-state index contributed by atoms with van der Waals surface area (Å²) in [6.45, 7) is -0.614. The van der Waals surface area contributed by atoms with E-state index in [4.69, 9.17) is 11.6 Å². The van der Waals surface area contributed by atoms with Crippen LogP contribution in [0.1, 0.15) is 11.6 Å². The normalized spacial score (nSPS) is 12.7. The zero-order chi connectivity index (χ0) is 13.2. The minimum atomic E-state index is -0.614. The standard InChI is InChI=1S/C12H9ClFN5/c13-11-7-16-9-6-17-19(12(9)18-11)10(4-14)8-2-1-3-15-5-8/h1-3,5-7,10H,4H2. The van der Waals surface area contributed by atoms with Crippen molar-refractivity contribution >= 4 is 22.8 Å². The quantitative estimate of drug-likeness (QED) is 0.738. The first-order valence-corrected chi connectivity index (χ1v) is 5.99. The zero-order valence-corrected chi connectivity index (χ0v) is 10.5. The number of nitrogens with zero attached hydrogens (tertiary/aromatic N) is 5. The van der Waals surface area contributed by atoms with Crippen LogP contribution in [0.4, 0.5) is 4.39 Å². The molecule has 0 amide bonds. The van der Waals surface area contributed by atoms with Crippen LogP contribution < -0.4 is 0 Å². The summed E-state index contributed by atoms with van der Waals surface area (Å²) in [5.74, 6) is 0. The third-order valence-corrected chi connectivity index (χ3v) is 2.97. The van der Waals surface area contributed by atoms with Crippen LogP contribution in [0.15, 0.2) is 36.9 Å². The Balaban J connectivity index is 2.14. The van der Waals surface area contributed by atoms with Crippen LogP contribution in [0.25, 0.3) is 11.2 Å². The molecule has 5 nitrogen and oxygen atoms in total. The molecule has 0 radical (unpaired) electrons. The van der Waals surface area contributed by atoms with E-state index in [1.807, 2.05) is 0 Å². The van der Waals surface area contributed by atoms with Crippen LogP contribution >= 0.6 is 11.6 Å². The largest absolute Gasteiger partial charge is 0.264 e. The summed E-state index contributed by atoms with van der Waals surface area (Å²) in [6, 6.07) is 2.96. The van der Waals surface area contributed by atoms with E-state index < -0.39 is 12.7 Å². The molecule has 0 saturated carbocycles. The number of halogens is 2. The van der Waals surface area contributed by atoms with Crippen LogP contribution in [0.5, 0.6) is 0 Å². The van der Waals surface area contributed by atoms with Crippen molar-refractivity contribution in [2.45, 2.75) is 6.04 Å². The van der Waals surface area contributed by atoms with Gasteiger partial charge in [0.2, 0.25) is 0 Å². The molecule has 3 heterocycles. The lowest BCUT2D eigenvalue weighted by atomic mass is 10.1. The predicted octanol–water partition coefficient (Wildman–Crippen LogP) is 2.43. The van der Waals surface area contributed by atoms with E-state index in [2.05, 4.69) is 20.1 Å². The summed E-state index contributed by atoms with van der Waals surface area (Å²) < 4.78 is 14.8. The molecular formula is C12H9ClFN5. The lowest BCUT2D eigenvalue weighted by Crippen LogP contribution is -2.15. The van der Waals surface area contributed by atoms with Gasteiger partial charge < -0.3 is 0 Å². The molecule has 3 aromatic rings. The van der Waals surface area contributed by atoms with Crippen LogP contribution in [0, 0.1) is 0 Å². The first-order chi connectivity index (χ1) is 9.29. The highest BCUT2D eigenvalue weighted by Gasteiger charge is 2.18. The summed E-state index contributed by atoms with van der Waals surface area (Å²) in [6.07, 6.45) is 6.22. The van der Waals surface area contributed by atoms with Gasteiger partial charge in [0.1, 0.15) is 23.4 Å².